The van der Waals surface area contributed by atoms with Gasteiger partial charge in [0.2, 0.25) is 0 Å². The smallest absolute Gasteiger partial charge is 0.162 e. The number of hydrogen-bond donors (Lipinski definition) is 1. The third kappa shape index (κ3) is 2.66. The van der Waals surface area contributed by atoms with Crippen molar-refractivity contribution in [2.75, 3.05) is 38.8 Å². The van der Waals surface area contributed by atoms with Crippen LogP contribution in [0.1, 0.15) is 12.8 Å². The highest BCUT2D eigenvalue weighted by molar-refractivity contribution is 5.92. The van der Waals surface area contributed by atoms with Crippen molar-refractivity contribution in [2.45, 2.75) is 12.8 Å². The lowest BCUT2D eigenvalue weighted by Crippen LogP contribution is -2.35. The molecule has 0 saturated carbocycles. The summed E-state index contributed by atoms with van der Waals surface area (Å²) in [6.45, 7) is 2.06. The fourth-order valence-electron chi connectivity index (χ4n) is 2.95. The van der Waals surface area contributed by atoms with Gasteiger partial charge in [0, 0.05) is 31.1 Å². The molecule has 6 heteroatoms. The average Bonchev–Trinajstić information content (AvgIpc) is 2.60. The monoisotopic (exact) mass is 303 g/mol. The second-order valence-corrected chi connectivity index (χ2v) is 5.53. The Balaban J connectivity index is 1.99. The highest BCUT2D eigenvalue weighted by Gasteiger charge is 2.22. The van der Waals surface area contributed by atoms with Gasteiger partial charge in [-0.2, -0.15) is 0 Å². The summed E-state index contributed by atoms with van der Waals surface area (Å²) in [6, 6.07) is 3.81. The van der Waals surface area contributed by atoms with E-state index in [1.165, 1.54) is 0 Å². The predicted molar refractivity (Wildman–Crippen MR) is 84.7 cm³/mol. The number of piperidine rings is 1. The highest BCUT2D eigenvalue weighted by Crippen LogP contribution is 2.35. The summed E-state index contributed by atoms with van der Waals surface area (Å²) in [6.07, 6.45) is 3.55. The van der Waals surface area contributed by atoms with E-state index in [1.807, 2.05) is 12.1 Å². The molecule has 0 spiro atoms. The molecule has 0 unspecified atom stereocenters. The molecule has 1 saturated heterocycles. The molecule has 1 N–H and O–H groups in total. The first kappa shape index (κ1) is 14.8. The van der Waals surface area contributed by atoms with Crippen LogP contribution in [0.3, 0.4) is 0 Å². The van der Waals surface area contributed by atoms with Gasteiger partial charge in [0.1, 0.15) is 12.1 Å². The molecule has 22 heavy (non-hydrogen) atoms. The topological polar surface area (TPSA) is 67.7 Å². The summed E-state index contributed by atoms with van der Waals surface area (Å²) in [7, 11) is 3.24. The van der Waals surface area contributed by atoms with Gasteiger partial charge in [0.05, 0.1) is 19.7 Å². The SMILES string of the molecule is COc1cc2ncnc(N3CCC(CO)CC3)c2cc1OC. The van der Waals surface area contributed by atoms with E-state index in [2.05, 4.69) is 14.9 Å². The van der Waals surface area contributed by atoms with Crippen LogP contribution in [0.2, 0.25) is 0 Å². The summed E-state index contributed by atoms with van der Waals surface area (Å²) in [5.41, 5.74) is 0.840. The first-order valence-electron chi connectivity index (χ1n) is 7.49. The third-order valence-electron chi connectivity index (χ3n) is 4.29. The van der Waals surface area contributed by atoms with Gasteiger partial charge in [0.15, 0.2) is 11.5 Å². The molecule has 1 aliphatic heterocycles. The largest absolute Gasteiger partial charge is 0.493 e. The zero-order valence-corrected chi connectivity index (χ0v) is 13.0. The van der Waals surface area contributed by atoms with Crippen LogP contribution < -0.4 is 14.4 Å². The zero-order valence-electron chi connectivity index (χ0n) is 13.0. The molecule has 6 nitrogen and oxygen atoms in total. The van der Waals surface area contributed by atoms with Gasteiger partial charge in [-0.05, 0) is 24.8 Å². The number of methoxy groups -OCH3 is 2. The molecule has 1 aliphatic rings. The van der Waals surface area contributed by atoms with Crippen molar-refractivity contribution in [1.29, 1.82) is 0 Å². The van der Waals surface area contributed by atoms with Gasteiger partial charge < -0.3 is 19.5 Å². The Hall–Kier alpha value is -2.08. The molecule has 1 aromatic carbocycles. The lowest BCUT2D eigenvalue weighted by molar-refractivity contribution is 0.203. The number of nitrogens with zero attached hydrogens (tertiary/aromatic N) is 3. The molecule has 2 heterocycles. The van der Waals surface area contributed by atoms with Crippen LogP contribution in [-0.4, -0.2) is 49.0 Å². The van der Waals surface area contributed by atoms with Gasteiger partial charge in [-0.25, -0.2) is 9.97 Å². The highest BCUT2D eigenvalue weighted by atomic mass is 16.5. The Morgan fingerprint density at radius 2 is 1.82 bits per heavy atom. The predicted octanol–water partition coefficient (Wildman–Crippen LogP) is 1.86. The summed E-state index contributed by atoms with van der Waals surface area (Å²) in [5.74, 6) is 2.66. The van der Waals surface area contributed by atoms with Crippen LogP contribution in [0.4, 0.5) is 5.82 Å². The van der Waals surface area contributed by atoms with Crippen molar-refractivity contribution in [3.8, 4) is 11.5 Å². The summed E-state index contributed by atoms with van der Waals surface area (Å²) < 4.78 is 10.7. The van der Waals surface area contributed by atoms with Crippen molar-refractivity contribution >= 4 is 16.7 Å². The molecule has 0 bridgehead atoms. The second-order valence-electron chi connectivity index (χ2n) is 5.53. The minimum Gasteiger partial charge on any atom is -0.493 e. The van der Waals surface area contributed by atoms with Crippen molar-refractivity contribution in [3.63, 3.8) is 0 Å². The molecule has 1 fully saturated rings. The molecule has 0 atom stereocenters. The van der Waals surface area contributed by atoms with E-state index in [0.717, 1.165) is 42.7 Å². The van der Waals surface area contributed by atoms with E-state index in [0.29, 0.717) is 17.4 Å². The fraction of sp³-hybridized carbons (Fsp3) is 0.500. The first-order valence-corrected chi connectivity index (χ1v) is 7.49. The van der Waals surface area contributed by atoms with Crippen molar-refractivity contribution in [2.24, 2.45) is 5.92 Å². The lowest BCUT2D eigenvalue weighted by Gasteiger charge is -2.32. The minimum atomic E-state index is 0.267. The number of fused-ring (bicyclic) bond motifs is 1. The Labute approximate surface area is 129 Å². The van der Waals surface area contributed by atoms with Crippen LogP contribution in [-0.2, 0) is 0 Å². The van der Waals surface area contributed by atoms with E-state index < -0.39 is 0 Å². The normalized spacial score (nSPS) is 16.0. The summed E-state index contributed by atoms with van der Waals surface area (Å²) in [4.78, 5) is 11.1. The van der Waals surface area contributed by atoms with Gasteiger partial charge in [-0.3, -0.25) is 0 Å². The molecule has 0 amide bonds. The Morgan fingerprint density at radius 1 is 1.14 bits per heavy atom. The quantitative estimate of drug-likeness (QED) is 0.930. The van der Waals surface area contributed by atoms with Gasteiger partial charge in [0.25, 0.3) is 0 Å². The Kier molecular flexibility index (Phi) is 4.29. The third-order valence-corrected chi connectivity index (χ3v) is 4.29. The molecule has 2 aromatic rings. The van der Waals surface area contributed by atoms with Gasteiger partial charge in [-0.1, -0.05) is 0 Å². The van der Waals surface area contributed by atoms with E-state index in [9.17, 15) is 5.11 Å². The number of ether oxygens (including phenoxy) is 2. The van der Waals surface area contributed by atoms with Crippen LogP contribution >= 0.6 is 0 Å². The molecule has 0 radical (unpaired) electrons. The maximum atomic E-state index is 9.27. The second kappa shape index (κ2) is 6.36. The zero-order chi connectivity index (χ0) is 15.5. The van der Waals surface area contributed by atoms with Crippen molar-refractivity contribution in [3.05, 3.63) is 18.5 Å². The Bertz CT molecular complexity index is 654. The molecular weight excluding hydrogens is 282 g/mol. The van der Waals surface area contributed by atoms with E-state index in [4.69, 9.17) is 9.47 Å². The van der Waals surface area contributed by atoms with E-state index >= 15 is 0 Å². The molecule has 0 aliphatic carbocycles. The van der Waals surface area contributed by atoms with Crippen molar-refractivity contribution < 1.29 is 14.6 Å². The van der Waals surface area contributed by atoms with Crippen LogP contribution in [0.25, 0.3) is 10.9 Å². The average molecular weight is 303 g/mol. The first-order chi connectivity index (χ1) is 10.8. The lowest BCUT2D eigenvalue weighted by atomic mass is 9.97. The number of aliphatic hydroxyl groups is 1. The maximum absolute atomic E-state index is 9.27. The van der Waals surface area contributed by atoms with Gasteiger partial charge in [-0.15, -0.1) is 0 Å². The Morgan fingerprint density at radius 3 is 2.45 bits per heavy atom. The molecule has 118 valence electrons. The summed E-state index contributed by atoms with van der Waals surface area (Å²) in [5, 5.41) is 10.2. The van der Waals surface area contributed by atoms with E-state index in [1.54, 1.807) is 20.5 Å². The molecular formula is C16H21N3O3. The van der Waals surface area contributed by atoms with Gasteiger partial charge >= 0.3 is 0 Å². The number of aliphatic hydroxyl groups excluding tert-OH is 1. The van der Waals surface area contributed by atoms with Crippen LogP contribution in [0.5, 0.6) is 11.5 Å². The number of hydrogen-bond acceptors (Lipinski definition) is 6. The standard InChI is InChI=1S/C16H21N3O3/c1-21-14-7-12-13(8-15(14)22-2)17-10-18-16(12)19-5-3-11(9-20)4-6-19/h7-8,10-11,20H,3-6,9H2,1-2H3. The van der Waals surface area contributed by atoms with Crippen molar-refractivity contribution in [1.82, 2.24) is 9.97 Å². The molecule has 1 aromatic heterocycles. The summed E-state index contributed by atoms with van der Waals surface area (Å²) >= 11 is 0. The molecule has 3 rings (SSSR count). The van der Waals surface area contributed by atoms with E-state index in [-0.39, 0.29) is 6.61 Å². The number of rotatable bonds is 4. The maximum Gasteiger partial charge on any atom is 0.162 e. The number of benzene rings is 1. The number of aromatic nitrogens is 2. The minimum absolute atomic E-state index is 0.267. The number of anilines is 1. The fourth-order valence-corrected chi connectivity index (χ4v) is 2.95. The van der Waals surface area contributed by atoms with Crippen LogP contribution in [0.15, 0.2) is 18.5 Å². The van der Waals surface area contributed by atoms with Crippen LogP contribution in [0, 0.1) is 5.92 Å².